The van der Waals surface area contributed by atoms with Crippen LogP contribution in [0.15, 0.2) is 36.4 Å². The van der Waals surface area contributed by atoms with E-state index in [4.69, 9.17) is 16.3 Å². The van der Waals surface area contributed by atoms with Crippen molar-refractivity contribution in [3.8, 4) is 5.75 Å². The zero-order valence-corrected chi connectivity index (χ0v) is 18.4. The summed E-state index contributed by atoms with van der Waals surface area (Å²) < 4.78 is 32.8. The molecular weight excluding hydrogens is 438 g/mol. The van der Waals surface area contributed by atoms with E-state index in [1.54, 1.807) is 12.1 Å². The number of aryl methyl sites for hydroxylation is 1. The molecule has 2 atom stereocenters. The van der Waals surface area contributed by atoms with Crippen molar-refractivity contribution in [3.63, 3.8) is 0 Å². The SMILES string of the molecule is Cc1ccc(F)c(CNC(=O)[C@@H]2C[C@H](NC(=O)COc3ccc(Cl)c(F)c3)C3CC2C3)c1. The van der Waals surface area contributed by atoms with Crippen LogP contribution in [0.5, 0.6) is 5.75 Å². The van der Waals surface area contributed by atoms with Crippen LogP contribution in [0.25, 0.3) is 0 Å². The van der Waals surface area contributed by atoms with Gasteiger partial charge in [0.1, 0.15) is 17.4 Å². The fourth-order valence-corrected chi connectivity index (χ4v) is 4.76. The maximum Gasteiger partial charge on any atom is 0.258 e. The van der Waals surface area contributed by atoms with Gasteiger partial charge in [-0.1, -0.05) is 29.3 Å². The molecule has 3 fully saturated rings. The summed E-state index contributed by atoms with van der Waals surface area (Å²) in [4.78, 5) is 25.1. The number of hydrogen-bond donors (Lipinski definition) is 2. The lowest BCUT2D eigenvalue weighted by Crippen LogP contribution is -2.56. The molecule has 0 spiro atoms. The maximum absolute atomic E-state index is 14.0. The molecule has 3 aliphatic rings. The average Bonchev–Trinajstić information content (AvgIpc) is 2.74. The number of carbonyl (C=O) groups is 2. The summed E-state index contributed by atoms with van der Waals surface area (Å²) in [6.07, 6.45) is 2.30. The lowest BCUT2D eigenvalue weighted by Gasteiger charge is -2.50. The maximum atomic E-state index is 14.0. The number of rotatable bonds is 7. The van der Waals surface area contributed by atoms with E-state index >= 15 is 0 Å². The lowest BCUT2D eigenvalue weighted by molar-refractivity contribution is -0.136. The third-order valence-corrected chi connectivity index (χ3v) is 6.76. The van der Waals surface area contributed by atoms with Gasteiger partial charge in [-0.25, -0.2) is 8.78 Å². The van der Waals surface area contributed by atoms with Crippen molar-refractivity contribution in [1.82, 2.24) is 10.6 Å². The smallest absolute Gasteiger partial charge is 0.258 e. The van der Waals surface area contributed by atoms with Crippen LogP contribution in [0.4, 0.5) is 8.78 Å². The zero-order valence-electron chi connectivity index (χ0n) is 17.7. The van der Waals surface area contributed by atoms with Gasteiger partial charge in [0, 0.05) is 30.1 Å². The molecule has 8 heteroatoms. The van der Waals surface area contributed by atoms with Gasteiger partial charge in [-0.15, -0.1) is 0 Å². The number of nitrogens with one attached hydrogen (secondary N) is 2. The summed E-state index contributed by atoms with van der Waals surface area (Å²) in [7, 11) is 0. The molecule has 0 saturated heterocycles. The van der Waals surface area contributed by atoms with Gasteiger partial charge < -0.3 is 15.4 Å². The first-order chi connectivity index (χ1) is 15.3. The van der Waals surface area contributed by atoms with Gasteiger partial charge in [0.2, 0.25) is 5.91 Å². The molecule has 170 valence electrons. The molecule has 5 nitrogen and oxygen atoms in total. The third kappa shape index (κ3) is 5.04. The fraction of sp³-hybridized carbons (Fsp3) is 0.417. The summed E-state index contributed by atoms with van der Waals surface area (Å²) >= 11 is 5.64. The number of amides is 2. The molecule has 0 aromatic heterocycles. The standard InChI is InChI=1S/C24H25ClF2N2O3/c1-13-2-5-20(26)16(6-13)11-28-24(31)18-10-22(15-7-14(18)8-15)29-23(30)12-32-17-3-4-19(25)21(27)9-17/h2-6,9,14-15,18,22H,7-8,10-12H2,1H3,(H,28,31)(H,29,30)/t14?,15?,18-,22+/m1/s1. The van der Waals surface area contributed by atoms with Crippen LogP contribution in [0.1, 0.15) is 30.4 Å². The van der Waals surface area contributed by atoms with Gasteiger partial charge in [-0.3, -0.25) is 9.59 Å². The van der Waals surface area contributed by atoms with Crippen molar-refractivity contribution in [1.29, 1.82) is 0 Å². The van der Waals surface area contributed by atoms with E-state index in [9.17, 15) is 18.4 Å². The summed E-state index contributed by atoms with van der Waals surface area (Å²) in [5, 5.41) is 5.80. The summed E-state index contributed by atoms with van der Waals surface area (Å²) in [5.41, 5.74) is 1.39. The third-order valence-electron chi connectivity index (χ3n) is 6.46. The zero-order chi connectivity index (χ0) is 22.8. The summed E-state index contributed by atoms with van der Waals surface area (Å²) in [5.74, 6) is -0.748. The highest BCUT2D eigenvalue weighted by Gasteiger charge is 2.48. The van der Waals surface area contributed by atoms with E-state index in [0.717, 1.165) is 24.5 Å². The van der Waals surface area contributed by atoms with Crippen molar-refractivity contribution in [2.24, 2.45) is 17.8 Å². The topological polar surface area (TPSA) is 67.4 Å². The van der Waals surface area contributed by atoms with E-state index in [-0.39, 0.29) is 53.5 Å². The van der Waals surface area contributed by atoms with Crippen molar-refractivity contribution < 1.29 is 23.1 Å². The first-order valence-corrected chi connectivity index (χ1v) is 11.1. The Morgan fingerprint density at radius 2 is 1.84 bits per heavy atom. The summed E-state index contributed by atoms with van der Waals surface area (Å²) in [6.45, 7) is 1.76. The number of halogens is 3. The molecule has 2 aromatic rings. The lowest BCUT2D eigenvalue weighted by atomic mass is 9.57. The first-order valence-electron chi connectivity index (χ1n) is 10.7. The Morgan fingerprint density at radius 3 is 2.59 bits per heavy atom. The Balaban J connectivity index is 1.28. The number of fused-ring (bicyclic) bond motifs is 2. The van der Waals surface area contributed by atoms with E-state index < -0.39 is 5.82 Å². The molecule has 2 bridgehead atoms. The van der Waals surface area contributed by atoms with E-state index in [1.807, 2.05) is 6.92 Å². The van der Waals surface area contributed by atoms with Crippen molar-refractivity contribution in [2.45, 2.75) is 38.8 Å². The Kier molecular flexibility index (Phi) is 6.65. The molecular formula is C24H25ClF2N2O3. The summed E-state index contributed by atoms with van der Waals surface area (Å²) in [6, 6.07) is 8.69. The highest BCUT2D eigenvalue weighted by molar-refractivity contribution is 6.30. The van der Waals surface area contributed by atoms with E-state index in [1.165, 1.54) is 18.2 Å². The van der Waals surface area contributed by atoms with Crippen LogP contribution in [-0.4, -0.2) is 24.5 Å². The van der Waals surface area contributed by atoms with Crippen molar-refractivity contribution >= 4 is 23.4 Å². The molecule has 0 radical (unpaired) electrons. The number of benzene rings is 2. The molecule has 32 heavy (non-hydrogen) atoms. The molecule has 0 aliphatic heterocycles. The van der Waals surface area contributed by atoms with Crippen LogP contribution in [0.3, 0.4) is 0 Å². The van der Waals surface area contributed by atoms with Gasteiger partial charge in [0.25, 0.3) is 5.91 Å². The van der Waals surface area contributed by atoms with Crippen molar-refractivity contribution in [2.75, 3.05) is 6.61 Å². The number of ether oxygens (including phenoxy) is 1. The minimum atomic E-state index is -0.614. The first kappa shape index (κ1) is 22.5. The normalized spacial score (nSPS) is 23.8. The molecule has 3 saturated carbocycles. The monoisotopic (exact) mass is 462 g/mol. The molecule has 0 unspecified atom stereocenters. The molecule has 2 N–H and O–H groups in total. The van der Waals surface area contributed by atoms with Crippen LogP contribution in [0.2, 0.25) is 5.02 Å². The highest BCUT2D eigenvalue weighted by Crippen LogP contribution is 2.49. The van der Waals surface area contributed by atoms with Crippen LogP contribution < -0.4 is 15.4 Å². The molecule has 2 aromatic carbocycles. The average molecular weight is 463 g/mol. The molecule has 0 heterocycles. The minimum absolute atomic E-state index is 0.0157. The Bertz CT molecular complexity index is 1030. The van der Waals surface area contributed by atoms with Gasteiger partial charge in [-0.2, -0.15) is 0 Å². The second-order valence-electron chi connectivity index (χ2n) is 8.69. The predicted molar refractivity (Wildman–Crippen MR) is 116 cm³/mol. The highest BCUT2D eigenvalue weighted by atomic mass is 35.5. The Morgan fingerprint density at radius 1 is 1.06 bits per heavy atom. The van der Waals surface area contributed by atoms with Crippen LogP contribution in [-0.2, 0) is 16.1 Å². The molecule has 3 aliphatic carbocycles. The van der Waals surface area contributed by atoms with Gasteiger partial charge >= 0.3 is 0 Å². The van der Waals surface area contributed by atoms with E-state index in [0.29, 0.717) is 23.8 Å². The molecule has 2 amide bonds. The second-order valence-corrected chi connectivity index (χ2v) is 9.09. The Labute approximate surface area is 190 Å². The minimum Gasteiger partial charge on any atom is -0.484 e. The number of hydrogen-bond acceptors (Lipinski definition) is 3. The van der Waals surface area contributed by atoms with Crippen molar-refractivity contribution in [3.05, 3.63) is 64.2 Å². The predicted octanol–water partition coefficient (Wildman–Crippen LogP) is 4.15. The fourth-order valence-electron chi connectivity index (χ4n) is 4.64. The number of carbonyl (C=O) groups excluding carboxylic acids is 2. The Hall–Kier alpha value is -2.67. The van der Waals surface area contributed by atoms with Gasteiger partial charge in [0.05, 0.1) is 5.02 Å². The quantitative estimate of drug-likeness (QED) is 0.649. The van der Waals surface area contributed by atoms with E-state index in [2.05, 4.69) is 10.6 Å². The van der Waals surface area contributed by atoms with Gasteiger partial charge in [0.15, 0.2) is 6.61 Å². The van der Waals surface area contributed by atoms with Crippen LogP contribution >= 0.6 is 11.6 Å². The van der Waals surface area contributed by atoms with Crippen LogP contribution in [0, 0.1) is 36.3 Å². The largest absolute Gasteiger partial charge is 0.484 e. The second kappa shape index (κ2) is 9.45. The van der Waals surface area contributed by atoms with Gasteiger partial charge in [-0.05, 0) is 56.2 Å². The molecule has 5 rings (SSSR count).